The number of hydrogen-bond acceptors (Lipinski definition) is 3. The molecule has 1 N–H and O–H groups in total. The van der Waals surface area contributed by atoms with Gasteiger partial charge in [-0.2, -0.15) is 0 Å². The fourth-order valence-electron chi connectivity index (χ4n) is 1.13. The highest BCUT2D eigenvalue weighted by atomic mass is 16.5. The smallest absolute Gasteiger partial charge is 0.0700 e. The van der Waals surface area contributed by atoms with Crippen LogP contribution in [-0.2, 0) is 9.47 Å². The first-order chi connectivity index (χ1) is 6.66. The molecule has 0 aliphatic rings. The van der Waals surface area contributed by atoms with Crippen LogP contribution in [0.2, 0.25) is 0 Å². The van der Waals surface area contributed by atoms with Crippen LogP contribution in [0, 0.1) is 11.8 Å². The van der Waals surface area contributed by atoms with E-state index in [0.29, 0.717) is 25.0 Å². The van der Waals surface area contributed by atoms with Crippen molar-refractivity contribution in [3.63, 3.8) is 0 Å². The molecule has 1 unspecified atom stereocenters. The Bertz CT molecular complexity index is 118. The van der Waals surface area contributed by atoms with Crippen molar-refractivity contribution >= 4 is 0 Å². The average Bonchev–Trinajstić information content (AvgIpc) is 2.11. The SMILES string of the molecule is CNCC(C)COCCOCC(C)C. The van der Waals surface area contributed by atoms with Crippen LogP contribution >= 0.6 is 0 Å². The van der Waals surface area contributed by atoms with Gasteiger partial charge in [0.25, 0.3) is 0 Å². The first-order valence-corrected chi connectivity index (χ1v) is 5.47. The maximum Gasteiger partial charge on any atom is 0.0700 e. The average molecular weight is 203 g/mol. The van der Waals surface area contributed by atoms with Gasteiger partial charge >= 0.3 is 0 Å². The van der Waals surface area contributed by atoms with Crippen molar-refractivity contribution < 1.29 is 9.47 Å². The standard InChI is InChI=1S/C11H25NO2/c1-10(2)8-13-5-6-14-9-11(3)7-12-4/h10-12H,5-9H2,1-4H3. The molecule has 0 aromatic heterocycles. The molecule has 0 aromatic rings. The van der Waals surface area contributed by atoms with Crippen LogP contribution in [-0.4, -0.2) is 40.0 Å². The second-order valence-corrected chi connectivity index (χ2v) is 4.21. The maximum absolute atomic E-state index is 5.46. The van der Waals surface area contributed by atoms with E-state index in [-0.39, 0.29) is 0 Å². The summed E-state index contributed by atoms with van der Waals surface area (Å²) in [5.74, 6) is 1.18. The van der Waals surface area contributed by atoms with Gasteiger partial charge < -0.3 is 14.8 Å². The highest BCUT2D eigenvalue weighted by Crippen LogP contribution is 1.95. The van der Waals surface area contributed by atoms with E-state index in [1.165, 1.54) is 0 Å². The Labute approximate surface area is 88.2 Å². The van der Waals surface area contributed by atoms with Gasteiger partial charge in [-0.25, -0.2) is 0 Å². The summed E-state index contributed by atoms with van der Waals surface area (Å²) in [6, 6.07) is 0. The van der Waals surface area contributed by atoms with Gasteiger partial charge in [-0.3, -0.25) is 0 Å². The normalized spacial score (nSPS) is 13.5. The minimum atomic E-state index is 0.574. The van der Waals surface area contributed by atoms with E-state index < -0.39 is 0 Å². The van der Waals surface area contributed by atoms with Crippen LogP contribution in [0.1, 0.15) is 20.8 Å². The Hall–Kier alpha value is -0.120. The second kappa shape index (κ2) is 9.44. The molecule has 86 valence electrons. The molecule has 0 fully saturated rings. The van der Waals surface area contributed by atoms with Crippen molar-refractivity contribution in [1.82, 2.24) is 5.32 Å². The van der Waals surface area contributed by atoms with Gasteiger partial charge in [0.15, 0.2) is 0 Å². The summed E-state index contributed by atoms with van der Waals surface area (Å²) in [7, 11) is 1.96. The van der Waals surface area contributed by atoms with E-state index in [2.05, 4.69) is 26.1 Å². The summed E-state index contributed by atoms with van der Waals surface area (Å²) in [5, 5.41) is 3.12. The van der Waals surface area contributed by atoms with Crippen molar-refractivity contribution in [3.8, 4) is 0 Å². The molecule has 0 saturated heterocycles. The van der Waals surface area contributed by atoms with Crippen LogP contribution < -0.4 is 5.32 Å². The van der Waals surface area contributed by atoms with Crippen LogP contribution in [0.4, 0.5) is 0 Å². The van der Waals surface area contributed by atoms with E-state index in [1.54, 1.807) is 0 Å². The fraction of sp³-hybridized carbons (Fsp3) is 1.00. The molecule has 3 nitrogen and oxygen atoms in total. The molecule has 0 bridgehead atoms. The van der Waals surface area contributed by atoms with Gasteiger partial charge in [0, 0.05) is 6.61 Å². The van der Waals surface area contributed by atoms with Gasteiger partial charge in [0.1, 0.15) is 0 Å². The van der Waals surface area contributed by atoms with Gasteiger partial charge in [-0.15, -0.1) is 0 Å². The number of hydrogen-bond donors (Lipinski definition) is 1. The zero-order valence-electron chi connectivity index (χ0n) is 10.0. The van der Waals surface area contributed by atoms with E-state index in [1.807, 2.05) is 7.05 Å². The van der Waals surface area contributed by atoms with Crippen LogP contribution in [0.3, 0.4) is 0 Å². The van der Waals surface area contributed by atoms with Gasteiger partial charge in [-0.05, 0) is 25.4 Å². The summed E-state index contributed by atoms with van der Waals surface area (Å²) in [4.78, 5) is 0. The zero-order chi connectivity index (χ0) is 10.8. The third-order valence-electron chi connectivity index (χ3n) is 1.78. The van der Waals surface area contributed by atoms with Crippen LogP contribution in [0.25, 0.3) is 0 Å². The molecule has 0 radical (unpaired) electrons. The van der Waals surface area contributed by atoms with Crippen LogP contribution in [0.5, 0.6) is 0 Å². The minimum absolute atomic E-state index is 0.574. The van der Waals surface area contributed by atoms with Crippen molar-refractivity contribution in [2.45, 2.75) is 20.8 Å². The lowest BCUT2D eigenvalue weighted by Gasteiger charge is -2.11. The van der Waals surface area contributed by atoms with Crippen molar-refractivity contribution in [3.05, 3.63) is 0 Å². The summed E-state index contributed by atoms with van der Waals surface area (Å²) in [5.41, 5.74) is 0. The lowest BCUT2D eigenvalue weighted by atomic mass is 10.2. The maximum atomic E-state index is 5.46. The molecule has 0 heterocycles. The Balaban J connectivity index is 3.05. The van der Waals surface area contributed by atoms with E-state index in [9.17, 15) is 0 Å². The second-order valence-electron chi connectivity index (χ2n) is 4.21. The molecule has 0 aliphatic heterocycles. The van der Waals surface area contributed by atoms with Gasteiger partial charge in [0.2, 0.25) is 0 Å². The molecule has 3 heteroatoms. The fourth-order valence-corrected chi connectivity index (χ4v) is 1.13. The molecule has 1 atom stereocenters. The van der Waals surface area contributed by atoms with Gasteiger partial charge in [-0.1, -0.05) is 20.8 Å². The number of ether oxygens (including phenoxy) is 2. The van der Waals surface area contributed by atoms with Crippen molar-refractivity contribution in [2.75, 3.05) is 40.0 Å². The molecular formula is C11H25NO2. The topological polar surface area (TPSA) is 30.5 Å². The van der Waals surface area contributed by atoms with Gasteiger partial charge in [0.05, 0.1) is 19.8 Å². The molecule has 0 rings (SSSR count). The highest BCUT2D eigenvalue weighted by Gasteiger charge is 2.00. The molecule has 0 aliphatic carbocycles. The Morgan fingerprint density at radius 2 is 1.57 bits per heavy atom. The molecule has 0 aromatic carbocycles. The zero-order valence-corrected chi connectivity index (χ0v) is 10.0. The summed E-state index contributed by atoms with van der Waals surface area (Å²) in [6.45, 7) is 10.5. The first kappa shape index (κ1) is 13.9. The predicted octanol–water partition coefficient (Wildman–Crippen LogP) is 1.53. The van der Waals surface area contributed by atoms with Crippen molar-refractivity contribution in [2.24, 2.45) is 11.8 Å². The molecular weight excluding hydrogens is 178 g/mol. The summed E-state index contributed by atoms with van der Waals surface area (Å²) >= 11 is 0. The number of nitrogens with one attached hydrogen (secondary N) is 1. The monoisotopic (exact) mass is 203 g/mol. The quantitative estimate of drug-likeness (QED) is 0.576. The third kappa shape index (κ3) is 9.96. The predicted molar refractivity (Wildman–Crippen MR) is 59.6 cm³/mol. The third-order valence-corrected chi connectivity index (χ3v) is 1.78. The van der Waals surface area contributed by atoms with E-state index >= 15 is 0 Å². The summed E-state index contributed by atoms with van der Waals surface area (Å²) in [6.07, 6.45) is 0. The van der Waals surface area contributed by atoms with E-state index in [0.717, 1.165) is 19.8 Å². The first-order valence-electron chi connectivity index (χ1n) is 5.47. The highest BCUT2D eigenvalue weighted by molar-refractivity contribution is 4.52. The number of rotatable bonds is 9. The molecule has 0 saturated carbocycles. The van der Waals surface area contributed by atoms with E-state index in [4.69, 9.17) is 9.47 Å². The Morgan fingerprint density at radius 3 is 2.07 bits per heavy atom. The summed E-state index contributed by atoms with van der Waals surface area (Å²) < 4.78 is 10.9. The Kier molecular flexibility index (Phi) is 9.35. The largest absolute Gasteiger partial charge is 0.379 e. The van der Waals surface area contributed by atoms with Crippen molar-refractivity contribution in [1.29, 1.82) is 0 Å². The Morgan fingerprint density at radius 1 is 1.00 bits per heavy atom. The molecule has 14 heavy (non-hydrogen) atoms. The molecule has 0 amide bonds. The lowest BCUT2D eigenvalue weighted by Crippen LogP contribution is -2.21. The lowest BCUT2D eigenvalue weighted by molar-refractivity contribution is 0.0276. The van der Waals surface area contributed by atoms with Crippen LogP contribution in [0.15, 0.2) is 0 Å². The minimum Gasteiger partial charge on any atom is -0.379 e. The molecule has 0 spiro atoms.